The Bertz CT molecular complexity index is 699. The summed E-state index contributed by atoms with van der Waals surface area (Å²) in [6, 6.07) is 19.0. The summed E-state index contributed by atoms with van der Waals surface area (Å²) in [5.41, 5.74) is 4.84. The third-order valence-corrected chi connectivity index (χ3v) is 3.49. The van der Waals surface area contributed by atoms with E-state index in [9.17, 15) is 0 Å². The lowest BCUT2D eigenvalue weighted by Gasteiger charge is -2.11. The Balaban J connectivity index is 2.22. The molecule has 0 fully saturated rings. The van der Waals surface area contributed by atoms with E-state index >= 15 is 0 Å². The van der Waals surface area contributed by atoms with Crippen LogP contribution in [0.3, 0.4) is 0 Å². The fraction of sp³-hybridized carbons (Fsp3) is 0.167. The highest BCUT2D eigenvalue weighted by Crippen LogP contribution is 2.28. The van der Waals surface area contributed by atoms with Crippen molar-refractivity contribution in [1.82, 2.24) is 4.98 Å². The van der Waals surface area contributed by atoms with Crippen LogP contribution in [0.5, 0.6) is 0 Å². The van der Waals surface area contributed by atoms with Gasteiger partial charge in [-0.05, 0) is 29.2 Å². The molecule has 0 spiro atoms. The van der Waals surface area contributed by atoms with Crippen LogP contribution < -0.4 is 0 Å². The van der Waals surface area contributed by atoms with Crippen LogP contribution in [0.1, 0.15) is 25.3 Å². The fourth-order valence-corrected chi connectivity index (χ4v) is 2.46. The molecular formula is C18H17N. The minimum Gasteiger partial charge on any atom is -0.256 e. The van der Waals surface area contributed by atoms with Crippen molar-refractivity contribution >= 4 is 10.9 Å². The zero-order valence-electron chi connectivity index (χ0n) is 11.3. The maximum Gasteiger partial charge on any atom is 0.0705 e. The van der Waals surface area contributed by atoms with Crippen molar-refractivity contribution in [2.45, 2.75) is 19.8 Å². The van der Waals surface area contributed by atoms with Crippen molar-refractivity contribution in [1.29, 1.82) is 0 Å². The monoisotopic (exact) mass is 247 g/mol. The van der Waals surface area contributed by atoms with Crippen LogP contribution in [0.4, 0.5) is 0 Å². The Kier molecular flexibility index (Phi) is 3.04. The first-order valence-electron chi connectivity index (χ1n) is 6.70. The minimum absolute atomic E-state index is 0.511. The van der Waals surface area contributed by atoms with E-state index in [1.54, 1.807) is 0 Å². The molecule has 2 aromatic carbocycles. The Morgan fingerprint density at radius 3 is 2.37 bits per heavy atom. The van der Waals surface area contributed by atoms with Gasteiger partial charge in [-0.1, -0.05) is 56.3 Å². The van der Waals surface area contributed by atoms with E-state index in [2.05, 4.69) is 67.4 Å². The van der Waals surface area contributed by atoms with Gasteiger partial charge >= 0.3 is 0 Å². The van der Waals surface area contributed by atoms with E-state index in [4.69, 9.17) is 0 Å². The molecule has 0 saturated carbocycles. The zero-order valence-corrected chi connectivity index (χ0v) is 11.3. The Morgan fingerprint density at radius 1 is 0.842 bits per heavy atom. The van der Waals surface area contributed by atoms with Crippen LogP contribution >= 0.6 is 0 Å². The first-order valence-corrected chi connectivity index (χ1v) is 6.70. The first-order chi connectivity index (χ1) is 9.25. The summed E-state index contributed by atoms with van der Waals surface area (Å²) in [4.78, 5) is 4.60. The van der Waals surface area contributed by atoms with E-state index in [1.807, 2.05) is 12.3 Å². The van der Waals surface area contributed by atoms with Crippen molar-refractivity contribution < 1.29 is 0 Å². The molecule has 3 aromatic rings. The maximum atomic E-state index is 4.60. The Labute approximate surface area is 113 Å². The number of hydrogen-bond acceptors (Lipinski definition) is 1. The molecule has 1 nitrogen and oxygen atoms in total. The van der Waals surface area contributed by atoms with Crippen molar-refractivity contribution in [3.63, 3.8) is 0 Å². The third kappa shape index (κ3) is 2.24. The Morgan fingerprint density at radius 2 is 1.63 bits per heavy atom. The molecule has 19 heavy (non-hydrogen) atoms. The molecule has 0 N–H and O–H groups in total. The lowest BCUT2D eigenvalue weighted by molar-refractivity contribution is 0.876. The summed E-state index contributed by atoms with van der Waals surface area (Å²) in [7, 11) is 0. The average Bonchev–Trinajstić information content (AvgIpc) is 2.47. The highest BCUT2D eigenvalue weighted by molar-refractivity contribution is 5.86. The van der Waals surface area contributed by atoms with Crippen LogP contribution in [0.15, 0.2) is 60.8 Å². The van der Waals surface area contributed by atoms with Gasteiger partial charge in [0.25, 0.3) is 0 Å². The standard InChI is InChI=1S/C18H17N/c1-13(2)16-9-6-10-18-17(16)11-15(12-19-18)14-7-4-3-5-8-14/h3-13H,1-2H3. The molecule has 0 aliphatic rings. The molecule has 0 aliphatic heterocycles. The lowest BCUT2D eigenvalue weighted by atomic mass is 9.96. The molecule has 0 atom stereocenters. The quantitative estimate of drug-likeness (QED) is 0.619. The SMILES string of the molecule is CC(C)c1cccc2ncc(-c3ccccc3)cc12. The zero-order chi connectivity index (χ0) is 13.2. The van der Waals surface area contributed by atoms with E-state index in [0.29, 0.717) is 5.92 Å². The predicted octanol–water partition coefficient (Wildman–Crippen LogP) is 5.03. The van der Waals surface area contributed by atoms with Gasteiger partial charge in [0.1, 0.15) is 0 Å². The van der Waals surface area contributed by atoms with E-state index in [0.717, 1.165) is 5.52 Å². The van der Waals surface area contributed by atoms with Crippen LogP contribution in [-0.2, 0) is 0 Å². The van der Waals surface area contributed by atoms with Gasteiger partial charge in [0.05, 0.1) is 5.52 Å². The number of aromatic nitrogens is 1. The van der Waals surface area contributed by atoms with Crippen molar-refractivity contribution in [3.8, 4) is 11.1 Å². The molecule has 0 aliphatic carbocycles. The van der Waals surface area contributed by atoms with Crippen LogP contribution in [0.2, 0.25) is 0 Å². The lowest BCUT2D eigenvalue weighted by Crippen LogP contribution is -1.91. The van der Waals surface area contributed by atoms with Gasteiger partial charge in [-0.3, -0.25) is 4.98 Å². The number of fused-ring (bicyclic) bond motifs is 1. The smallest absolute Gasteiger partial charge is 0.0705 e. The molecule has 0 radical (unpaired) electrons. The highest BCUT2D eigenvalue weighted by Gasteiger charge is 2.07. The molecule has 1 heterocycles. The number of rotatable bonds is 2. The molecule has 0 saturated heterocycles. The van der Waals surface area contributed by atoms with Gasteiger partial charge in [-0.25, -0.2) is 0 Å². The van der Waals surface area contributed by atoms with Gasteiger partial charge in [0, 0.05) is 17.1 Å². The highest BCUT2D eigenvalue weighted by atomic mass is 14.6. The number of benzene rings is 2. The van der Waals surface area contributed by atoms with Gasteiger partial charge in [0.2, 0.25) is 0 Å². The topological polar surface area (TPSA) is 12.9 Å². The summed E-state index contributed by atoms with van der Waals surface area (Å²) in [6.45, 7) is 4.45. The maximum absolute atomic E-state index is 4.60. The molecular weight excluding hydrogens is 230 g/mol. The predicted molar refractivity (Wildman–Crippen MR) is 81.3 cm³/mol. The minimum atomic E-state index is 0.511. The molecule has 3 rings (SSSR count). The summed E-state index contributed by atoms with van der Waals surface area (Å²) in [5, 5.41) is 1.26. The van der Waals surface area contributed by atoms with Gasteiger partial charge < -0.3 is 0 Å². The molecule has 0 amide bonds. The summed E-state index contributed by atoms with van der Waals surface area (Å²) in [6.07, 6.45) is 1.96. The number of hydrogen-bond donors (Lipinski definition) is 0. The second-order valence-corrected chi connectivity index (χ2v) is 5.16. The van der Waals surface area contributed by atoms with Gasteiger partial charge in [0.15, 0.2) is 0 Å². The van der Waals surface area contributed by atoms with Crippen LogP contribution in [0.25, 0.3) is 22.0 Å². The van der Waals surface area contributed by atoms with Crippen molar-refractivity contribution in [2.24, 2.45) is 0 Å². The number of nitrogens with zero attached hydrogens (tertiary/aromatic N) is 1. The molecule has 0 unspecified atom stereocenters. The van der Waals surface area contributed by atoms with E-state index in [-0.39, 0.29) is 0 Å². The number of pyridine rings is 1. The summed E-state index contributed by atoms with van der Waals surface area (Å²) in [5.74, 6) is 0.511. The van der Waals surface area contributed by atoms with Gasteiger partial charge in [-0.2, -0.15) is 0 Å². The largest absolute Gasteiger partial charge is 0.256 e. The van der Waals surface area contributed by atoms with Crippen LogP contribution in [-0.4, -0.2) is 4.98 Å². The van der Waals surface area contributed by atoms with Crippen molar-refractivity contribution in [3.05, 3.63) is 66.4 Å². The second-order valence-electron chi connectivity index (χ2n) is 5.16. The van der Waals surface area contributed by atoms with Crippen molar-refractivity contribution in [2.75, 3.05) is 0 Å². The average molecular weight is 247 g/mol. The normalized spacial score (nSPS) is 11.1. The van der Waals surface area contributed by atoms with E-state index < -0.39 is 0 Å². The second kappa shape index (κ2) is 4.85. The van der Waals surface area contributed by atoms with E-state index in [1.165, 1.54) is 22.1 Å². The first kappa shape index (κ1) is 11.9. The Hall–Kier alpha value is -2.15. The van der Waals surface area contributed by atoms with Crippen LogP contribution in [0, 0.1) is 0 Å². The third-order valence-electron chi connectivity index (χ3n) is 3.49. The fourth-order valence-electron chi connectivity index (χ4n) is 2.46. The molecule has 1 aromatic heterocycles. The molecule has 94 valence electrons. The van der Waals surface area contributed by atoms with Gasteiger partial charge in [-0.15, -0.1) is 0 Å². The summed E-state index contributed by atoms with van der Waals surface area (Å²) < 4.78 is 0. The molecule has 1 heteroatoms. The molecule has 0 bridgehead atoms. The summed E-state index contributed by atoms with van der Waals surface area (Å²) >= 11 is 0.